The molecule has 0 atom stereocenters. The maximum Gasteiger partial charge on any atom is 0.123 e. The number of methoxy groups -OCH3 is 1. The van der Waals surface area contributed by atoms with Crippen LogP contribution >= 0.6 is 0 Å². The number of nitrogens with zero attached hydrogens (tertiary/aromatic N) is 1. The quantitative estimate of drug-likeness (QED) is 0.787. The maximum absolute atomic E-state index is 9.18. The van der Waals surface area contributed by atoms with Gasteiger partial charge < -0.3 is 14.4 Å². The summed E-state index contributed by atoms with van der Waals surface area (Å²) in [5, 5.41) is 10.3. The number of rotatable bonds is 4. The van der Waals surface area contributed by atoms with Gasteiger partial charge in [-0.15, -0.1) is 0 Å². The van der Waals surface area contributed by atoms with E-state index >= 15 is 0 Å². The maximum atomic E-state index is 9.18. The summed E-state index contributed by atoms with van der Waals surface area (Å²) in [4.78, 5) is 0. The Kier molecular flexibility index (Phi) is 3.44. The van der Waals surface area contributed by atoms with Gasteiger partial charge in [0.05, 0.1) is 20.3 Å². The van der Waals surface area contributed by atoms with Crippen LogP contribution in [0.2, 0.25) is 0 Å². The number of hydrogen-bond donors (Lipinski definition) is 1. The molecule has 0 aliphatic carbocycles. The van der Waals surface area contributed by atoms with Gasteiger partial charge in [0.15, 0.2) is 0 Å². The molecule has 0 spiro atoms. The molecular weight excluding hydrogens is 250 g/mol. The van der Waals surface area contributed by atoms with Crippen molar-refractivity contribution in [1.29, 1.82) is 0 Å². The number of aliphatic hydroxyl groups excluding tert-OH is 1. The minimum atomic E-state index is 0.0770. The summed E-state index contributed by atoms with van der Waals surface area (Å²) in [6.45, 7) is 0.847. The first-order valence-corrected chi connectivity index (χ1v) is 6.62. The fourth-order valence-corrected chi connectivity index (χ4v) is 2.50. The molecule has 0 radical (unpaired) electrons. The first-order valence-electron chi connectivity index (χ1n) is 6.62. The number of ether oxygens (including phenoxy) is 1. The normalized spacial score (nSPS) is 10.9. The molecule has 0 aliphatic rings. The zero-order valence-electron chi connectivity index (χ0n) is 11.4. The van der Waals surface area contributed by atoms with E-state index in [9.17, 15) is 5.11 Å². The standard InChI is InChI=1S/C17H17NO2/c1-20-17-5-3-2-4-15(17)11-18-9-8-14-10-13(12-19)6-7-16(14)18/h2-10,19H,11-12H2,1H3. The van der Waals surface area contributed by atoms with Gasteiger partial charge in [0, 0.05) is 17.3 Å². The Morgan fingerprint density at radius 1 is 1.10 bits per heavy atom. The Labute approximate surface area is 118 Å². The third-order valence-electron chi connectivity index (χ3n) is 3.55. The molecule has 1 aromatic heterocycles. The van der Waals surface area contributed by atoms with Crippen LogP contribution in [0.3, 0.4) is 0 Å². The highest BCUT2D eigenvalue weighted by molar-refractivity contribution is 5.81. The van der Waals surface area contributed by atoms with E-state index in [-0.39, 0.29) is 6.61 Å². The lowest BCUT2D eigenvalue weighted by molar-refractivity contribution is 0.282. The molecular formula is C17H17NO2. The molecule has 102 valence electrons. The molecule has 1 N–H and O–H groups in total. The highest BCUT2D eigenvalue weighted by Gasteiger charge is 2.06. The average Bonchev–Trinajstić information content (AvgIpc) is 2.90. The van der Waals surface area contributed by atoms with Crippen LogP contribution < -0.4 is 4.74 Å². The van der Waals surface area contributed by atoms with Crippen molar-refractivity contribution in [2.24, 2.45) is 0 Å². The molecule has 1 heterocycles. The average molecular weight is 267 g/mol. The van der Waals surface area contributed by atoms with Crippen LogP contribution in [0.4, 0.5) is 0 Å². The molecule has 0 saturated carbocycles. The van der Waals surface area contributed by atoms with Gasteiger partial charge in [0.1, 0.15) is 5.75 Å². The van der Waals surface area contributed by atoms with Gasteiger partial charge in [0.2, 0.25) is 0 Å². The Morgan fingerprint density at radius 3 is 2.75 bits per heavy atom. The first kappa shape index (κ1) is 12.8. The predicted octanol–water partition coefficient (Wildman–Crippen LogP) is 3.19. The van der Waals surface area contributed by atoms with Crippen LogP contribution in [0.15, 0.2) is 54.7 Å². The van der Waals surface area contributed by atoms with Crippen LogP contribution in [-0.2, 0) is 13.2 Å². The van der Waals surface area contributed by atoms with Gasteiger partial charge in [-0.05, 0) is 35.2 Å². The molecule has 0 fully saturated rings. The molecule has 0 unspecified atom stereocenters. The molecule has 3 heteroatoms. The van der Waals surface area contributed by atoms with Crippen molar-refractivity contribution in [2.45, 2.75) is 13.2 Å². The van der Waals surface area contributed by atoms with E-state index < -0.39 is 0 Å². The van der Waals surface area contributed by atoms with Gasteiger partial charge in [-0.3, -0.25) is 0 Å². The fourth-order valence-electron chi connectivity index (χ4n) is 2.50. The SMILES string of the molecule is COc1ccccc1Cn1ccc2cc(CO)ccc21. The van der Waals surface area contributed by atoms with Crippen molar-refractivity contribution < 1.29 is 9.84 Å². The van der Waals surface area contributed by atoms with Crippen molar-refractivity contribution in [2.75, 3.05) is 7.11 Å². The number of para-hydroxylation sites is 1. The number of benzene rings is 2. The van der Waals surface area contributed by atoms with E-state index in [0.717, 1.165) is 34.3 Å². The lowest BCUT2D eigenvalue weighted by Gasteiger charge is -2.10. The summed E-state index contributed by atoms with van der Waals surface area (Å²) in [5.41, 5.74) is 3.25. The number of hydrogen-bond acceptors (Lipinski definition) is 2. The Morgan fingerprint density at radius 2 is 1.95 bits per heavy atom. The van der Waals surface area contributed by atoms with Crippen molar-refractivity contribution in [3.8, 4) is 5.75 Å². The summed E-state index contributed by atoms with van der Waals surface area (Å²) >= 11 is 0. The third kappa shape index (κ3) is 2.28. The number of aromatic nitrogens is 1. The van der Waals surface area contributed by atoms with E-state index in [1.165, 1.54) is 0 Å². The molecule has 0 saturated heterocycles. The van der Waals surface area contributed by atoms with E-state index in [4.69, 9.17) is 4.74 Å². The van der Waals surface area contributed by atoms with Gasteiger partial charge in [0.25, 0.3) is 0 Å². The summed E-state index contributed by atoms with van der Waals surface area (Å²) in [7, 11) is 1.69. The molecule has 0 bridgehead atoms. The predicted molar refractivity (Wildman–Crippen MR) is 80.0 cm³/mol. The molecule has 3 rings (SSSR count). The van der Waals surface area contributed by atoms with Crippen LogP contribution in [0.25, 0.3) is 10.9 Å². The zero-order valence-corrected chi connectivity index (χ0v) is 11.4. The van der Waals surface area contributed by atoms with Crippen molar-refractivity contribution in [3.63, 3.8) is 0 Å². The molecule has 2 aromatic carbocycles. The second-order valence-electron chi connectivity index (χ2n) is 4.81. The monoisotopic (exact) mass is 267 g/mol. The molecule has 20 heavy (non-hydrogen) atoms. The number of fused-ring (bicyclic) bond motifs is 1. The number of aliphatic hydroxyl groups is 1. The van der Waals surface area contributed by atoms with Crippen LogP contribution in [0.5, 0.6) is 5.75 Å². The van der Waals surface area contributed by atoms with Gasteiger partial charge >= 0.3 is 0 Å². The minimum absolute atomic E-state index is 0.0770. The lowest BCUT2D eigenvalue weighted by atomic mass is 10.1. The van der Waals surface area contributed by atoms with Crippen molar-refractivity contribution >= 4 is 10.9 Å². The highest BCUT2D eigenvalue weighted by Crippen LogP contribution is 2.23. The molecule has 0 amide bonds. The highest BCUT2D eigenvalue weighted by atomic mass is 16.5. The summed E-state index contributed by atoms with van der Waals surface area (Å²) in [6, 6.07) is 16.2. The summed E-state index contributed by atoms with van der Waals surface area (Å²) < 4.78 is 7.59. The molecule has 3 nitrogen and oxygen atoms in total. The summed E-state index contributed by atoms with van der Waals surface area (Å²) in [6.07, 6.45) is 2.07. The second-order valence-corrected chi connectivity index (χ2v) is 4.81. The van der Waals surface area contributed by atoms with Crippen LogP contribution in [-0.4, -0.2) is 16.8 Å². The third-order valence-corrected chi connectivity index (χ3v) is 3.55. The largest absolute Gasteiger partial charge is 0.496 e. The van der Waals surface area contributed by atoms with E-state index in [1.807, 2.05) is 30.3 Å². The molecule has 0 aliphatic heterocycles. The van der Waals surface area contributed by atoms with Crippen molar-refractivity contribution in [1.82, 2.24) is 4.57 Å². The summed E-state index contributed by atoms with van der Waals surface area (Å²) in [5.74, 6) is 0.904. The lowest BCUT2D eigenvalue weighted by Crippen LogP contribution is -2.00. The van der Waals surface area contributed by atoms with Gasteiger partial charge in [-0.1, -0.05) is 24.3 Å². The zero-order chi connectivity index (χ0) is 13.9. The first-order chi connectivity index (χ1) is 9.81. The van der Waals surface area contributed by atoms with Crippen LogP contribution in [0, 0.1) is 0 Å². The topological polar surface area (TPSA) is 34.4 Å². The van der Waals surface area contributed by atoms with Gasteiger partial charge in [-0.2, -0.15) is 0 Å². The van der Waals surface area contributed by atoms with E-state index in [2.05, 4.69) is 29.0 Å². The Hall–Kier alpha value is -2.26. The van der Waals surface area contributed by atoms with Crippen LogP contribution in [0.1, 0.15) is 11.1 Å². The van der Waals surface area contributed by atoms with Crippen molar-refractivity contribution in [3.05, 3.63) is 65.9 Å². The minimum Gasteiger partial charge on any atom is -0.496 e. The Balaban J connectivity index is 1.99. The van der Waals surface area contributed by atoms with E-state index in [1.54, 1.807) is 7.11 Å². The van der Waals surface area contributed by atoms with Gasteiger partial charge in [-0.25, -0.2) is 0 Å². The Bertz CT molecular complexity index is 731. The molecule has 3 aromatic rings. The smallest absolute Gasteiger partial charge is 0.123 e. The fraction of sp³-hybridized carbons (Fsp3) is 0.176. The van der Waals surface area contributed by atoms with E-state index in [0.29, 0.717) is 0 Å². The second kappa shape index (κ2) is 5.39.